The van der Waals surface area contributed by atoms with E-state index >= 15 is 0 Å². The average molecular weight is 261 g/mol. The Hall–Kier alpha value is -1.06. The minimum absolute atomic E-state index is 0.566. The van der Waals surface area contributed by atoms with Crippen LogP contribution in [0.25, 0.3) is 0 Å². The summed E-state index contributed by atoms with van der Waals surface area (Å²) in [6.45, 7) is 7.48. The Bertz CT molecular complexity index is 387. The van der Waals surface area contributed by atoms with Crippen molar-refractivity contribution in [1.29, 1.82) is 0 Å². The van der Waals surface area contributed by atoms with Gasteiger partial charge in [-0.3, -0.25) is 0 Å². The SMILES string of the molecule is Cc1ccc(N2CC(CCN)N(C)CCC2C)cc1. The number of nitrogens with zero attached hydrogens (tertiary/aromatic N) is 2. The smallest absolute Gasteiger partial charge is 0.0369 e. The summed E-state index contributed by atoms with van der Waals surface area (Å²) >= 11 is 0. The number of likely N-dealkylation sites (N-methyl/N-ethyl adjacent to an activating group) is 1. The molecule has 2 rings (SSSR count). The Morgan fingerprint density at radius 2 is 1.95 bits per heavy atom. The fourth-order valence-electron chi connectivity index (χ4n) is 2.88. The van der Waals surface area contributed by atoms with E-state index < -0.39 is 0 Å². The molecule has 1 saturated heterocycles. The Morgan fingerprint density at radius 1 is 1.26 bits per heavy atom. The number of hydrogen-bond donors (Lipinski definition) is 1. The van der Waals surface area contributed by atoms with Gasteiger partial charge in [0.2, 0.25) is 0 Å². The molecule has 0 aliphatic carbocycles. The summed E-state index contributed by atoms with van der Waals surface area (Å²) in [6.07, 6.45) is 2.29. The van der Waals surface area contributed by atoms with Gasteiger partial charge in [0.15, 0.2) is 0 Å². The first-order valence-electron chi connectivity index (χ1n) is 7.35. The molecule has 2 atom stereocenters. The predicted molar refractivity (Wildman–Crippen MR) is 82.7 cm³/mol. The van der Waals surface area contributed by atoms with E-state index in [-0.39, 0.29) is 0 Å². The van der Waals surface area contributed by atoms with Gasteiger partial charge in [0, 0.05) is 30.9 Å². The maximum absolute atomic E-state index is 5.77. The van der Waals surface area contributed by atoms with Crippen LogP contribution in [0.3, 0.4) is 0 Å². The molecule has 1 fully saturated rings. The van der Waals surface area contributed by atoms with Gasteiger partial charge in [-0.1, -0.05) is 17.7 Å². The Kier molecular flexibility index (Phi) is 4.83. The lowest BCUT2D eigenvalue weighted by atomic mass is 10.1. The van der Waals surface area contributed by atoms with E-state index in [2.05, 4.69) is 55.0 Å². The highest BCUT2D eigenvalue weighted by Gasteiger charge is 2.26. The van der Waals surface area contributed by atoms with Gasteiger partial charge in [-0.25, -0.2) is 0 Å². The van der Waals surface area contributed by atoms with E-state index in [1.54, 1.807) is 0 Å². The maximum Gasteiger partial charge on any atom is 0.0369 e. The van der Waals surface area contributed by atoms with Crippen LogP contribution >= 0.6 is 0 Å². The zero-order valence-electron chi connectivity index (χ0n) is 12.5. The summed E-state index contributed by atoms with van der Waals surface area (Å²) < 4.78 is 0. The fraction of sp³-hybridized carbons (Fsp3) is 0.625. The van der Waals surface area contributed by atoms with E-state index in [0.29, 0.717) is 12.1 Å². The Labute approximate surface area is 117 Å². The molecule has 1 aromatic rings. The molecule has 0 radical (unpaired) electrons. The molecular weight excluding hydrogens is 234 g/mol. The zero-order chi connectivity index (χ0) is 13.8. The van der Waals surface area contributed by atoms with Crippen LogP contribution in [-0.4, -0.2) is 43.7 Å². The number of aryl methyl sites for hydroxylation is 1. The lowest BCUT2D eigenvalue weighted by Crippen LogP contribution is -2.42. The standard InChI is InChI=1S/C16H27N3/c1-13-4-6-15(7-5-13)19-12-16(8-10-17)18(3)11-9-14(19)2/h4-7,14,16H,8-12,17H2,1-3H3. The highest BCUT2D eigenvalue weighted by Crippen LogP contribution is 2.24. The molecule has 1 heterocycles. The van der Waals surface area contributed by atoms with Crippen molar-refractivity contribution in [1.82, 2.24) is 4.90 Å². The van der Waals surface area contributed by atoms with E-state index in [0.717, 1.165) is 26.1 Å². The predicted octanol–water partition coefficient (Wildman–Crippen LogP) is 2.24. The monoisotopic (exact) mass is 261 g/mol. The van der Waals surface area contributed by atoms with Crippen LogP contribution in [0, 0.1) is 6.92 Å². The summed E-state index contributed by atoms with van der Waals surface area (Å²) in [5.74, 6) is 0. The topological polar surface area (TPSA) is 32.5 Å². The molecule has 0 aromatic heterocycles. The van der Waals surface area contributed by atoms with Crippen molar-refractivity contribution < 1.29 is 0 Å². The number of hydrogen-bond acceptors (Lipinski definition) is 3. The lowest BCUT2D eigenvalue weighted by molar-refractivity contribution is 0.250. The second-order valence-electron chi connectivity index (χ2n) is 5.84. The van der Waals surface area contributed by atoms with Crippen LogP contribution in [0.4, 0.5) is 5.69 Å². The highest BCUT2D eigenvalue weighted by molar-refractivity contribution is 5.48. The summed E-state index contributed by atoms with van der Waals surface area (Å²) in [5, 5.41) is 0. The van der Waals surface area contributed by atoms with Gasteiger partial charge in [-0.05, 0) is 52.4 Å². The quantitative estimate of drug-likeness (QED) is 0.906. The van der Waals surface area contributed by atoms with Crippen LogP contribution in [0.5, 0.6) is 0 Å². The third kappa shape index (κ3) is 3.48. The molecule has 0 bridgehead atoms. The van der Waals surface area contributed by atoms with E-state index in [4.69, 9.17) is 5.73 Å². The van der Waals surface area contributed by atoms with E-state index in [1.807, 2.05) is 0 Å². The van der Waals surface area contributed by atoms with Crippen LogP contribution in [0.15, 0.2) is 24.3 Å². The first-order chi connectivity index (χ1) is 9.11. The molecule has 19 heavy (non-hydrogen) atoms. The van der Waals surface area contributed by atoms with Crippen molar-refractivity contribution in [3.63, 3.8) is 0 Å². The number of anilines is 1. The van der Waals surface area contributed by atoms with Gasteiger partial charge in [0.05, 0.1) is 0 Å². The molecular formula is C16H27N3. The molecule has 0 spiro atoms. The highest BCUT2D eigenvalue weighted by atomic mass is 15.2. The number of rotatable bonds is 3. The summed E-state index contributed by atoms with van der Waals surface area (Å²) in [4.78, 5) is 5.01. The van der Waals surface area contributed by atoms with Gasteiger partial charge in [-0.2, -0.15) is 0 Å². The van der Waals surface area contributed by atoms with Crippen LogP contribution < -0.4 is 10.6 Å². The lowest BCUT2D eigenvalue weighted by Gasteiger charge is -2.33. The Morgan fingerprint density at radius 3 is 2.58 bits per heavy atom. The maximum atomic E-state index is 5.77. The van der Waals surface area contributed by atoms with Crippen LogP contribution in [0.1, 0.15) is 25.3 Å². The van der Waals surface area contributed by atoms with Crippen molar-refractivity contribution in [2.24, 2.45) is 5.73 Å². The Balaban J connectivity index is 2.18. The first-order valence-corrected chi connectivity index (χ1v) is 7.35. The van der Waals surface area contributed by atoms with Crippen molar-refractivity contribution in [3.8, 4) is 0 Å². The van der Waals surface area contributed by atoms with Crippen molar-refractivity contribution in [2.75, 3.05) is 31.6 Å². The van der Waals surface area contributed by atoms with Crippen molar-refractivity contribution >= 4 is 5.69 Å². The number of nitrogens with two attached hydrogens (primary N) is 1. The van der Waals surface area contributed by atoms with Crippen LogP contribution in [-0.2, 0) is 0 Å². The van der Waals surface area contributed by atoms with Gasteiger partial charge < -0.3 is 15.5 Å². The van der Waals surface area contributed by atoms with E-state index in [9.17, 15) is 0 Å². The molecule has 2 N–H and O–H groups in total. The van der Waals surface area contributed by atoms with Gasteiger partial charge in [0.1, 0.15) is 0 Å². The van der Waals surface area contributed by atoms with Crippen molar-refractivity contribution in [2.45, 2.75) is 38.8 Å². The van der Waals surface area contributed by atoms with Gasteiger partial charge in [-0.15, -0.1) is 0 Å². The molecule has 3 nitrogen and oxygen atoms in total. The second kappa shape index (κ2) is 6.40. The molecule has 0 saturated carbocycles. The normalized spacial score (nSPS) is 25.4. The summed E-state index contributed by atoms with van der Waals surface area (Å²) in [6, 6.07) is 10.1. The molecule has 3 heteroatoms. The molecule has 2 unspecified atom stereocenters. The molecule has 0 amide bonds. The average Bonchev–Trinajstić information content (AvgIpc) is 2.54. The second-order valence-corrected chi connectivity index (χ2v) is 5.84. The third-order valence-electron chi connectivity index (χ3n) is 4.33. The van der Waals surface area contributed by atoms with Crippen molar-refractivity contribution in [3.05, 3.63) is 29.8 Å². The third-order valence-corrected chi connectivity index (χ3v) is 4.33. The van der Waals surface area contributed by atoms with Gasteiger partial charge >= 0.3 is 0 Å². The minimum atomic E-state index is 0.566. The van der Waals surface area contributed by atoms with E-state index in [1.165, 1.54) is 17.7 Å². The minimum Gasteiger partial charge on any atom is -0.367 e. The number of benzene rings is 1. The largest absolute Gasteiger partial charge is 0.367 e. The first kappa shape index (κ1) is 14.4. The van der Waals surface area contributed by atoms with Crippen LogP contribution in [0.2, 0.25) is 0 Å². The fourth-order valence-corrected chi connectivity index (χ4v) is 2.88. The molecule has 1 aliphatic heterocycles. The molecule has 1 aromatic carbocycles. The van der Waals surface area contributed by atoms with Gasteiger partial charge in [0.25, 0.3) is 0 Å². The summed E-state index contributed by atoms with van der Waals surface area (Å²) in [7, 11) is 2.23. The molecule has 1 aliphatic rings. The summed E-state index contributed by atoms with van der Waals surface area (Å²) in [5.41, 5.74) is 8.43. The zero-order valence-corrected chi connectivity index (χ0v) is 12.5. The molecule has 106 valence electrons.